The maximum absolute atomic E-state index is 8.70. The number of rotatable bonds is 1. The summed E-state index contributed by atoms with van der Waals surface area (Å²) in [4.78, 5) is 0. The predicted molar refractivity (Wildman–Crippen MR) is 50.8 cm³/mol. The molecular formula is C8H13N5. The molecule has 1 unspecified atom stereocenters. The van der Waals surface area contributed by atoms with Crippen molar-refractivity contribution in [3.8, 4) is 6.07 Å². The standard InChI is InChI=1S/C8H13N5/c9-5-6-2-1-3-7(4-6)12-13-8(10)11/h6H,1-4H2,(H4,10,11,13)/b12-7-. The molecule has 0 heterocycles. The van der Waals surface area contributed by atoms with Crippen molar-refractivity contribution in [1.82, 2.24) is 0 Å². The zero-order valence-corrected chi connectivity index (χ0v) is 7.40. The molecule has 13 heavy (non-hydrogen) atoms. The minimum absolute atomic E-state index is 0.0356. The van der Waals surface area contributed by atoms with Gasteiger partial charge in [0.25, 0.3) is 0 Å². The van der Waals surface area contributed by atoms with E-state index in [2.05, 4.69) is 16.3 Å². The first kappa shape index (κ1) is 9.52. The van der Waals surface area contributed by atoms with Crippen LogP contribution in [0.4, 0.5) is 0 Å². The fourth-order valence-corrected chi connectivity index (χ4v) is 1.37. The van der Waals surface area contributed by atoms with Gasteiger partial charge in [0.2, 0.25) is 5.96 Å². The smallest absolute Gasteiger partial charge is 0.211 e. The van der Waals surface area contributed by atoms with Gasteiger partial charge in [0.05, 0.1) is 12.0 Å². The zero-order chi connectivity index (χ0) is 9.68. The minimum atomic E-state index is -0.0356. The molecule has 0 aromatic heterocycles. The zero-order valence-electron chi connectivity index (χ0n) is 7.40. The molecule has 5 nitrogen and oxygen atoms in total. The average molecular weight is 179 g/mol. The highest BCUT2D eigenvalue weighted by Crippen LogP contribution is 2.21. The normalized spacial score (nSPS) is 25.2. The highest BCUT2D eigenvalue weighted by molar-refractivity contribution is 5.86. The van der Waals surface area contributed by atoms with Crippen LogP contribution in [0.25, 0.3) is 0 Å². The van der Waals surface area contributed by atoms with Crippen LogP contribution in [0, 0.1) is 17.2 Å². The third-order valence-electron chi connectivity index (χ3n) is 1.99. The molecule has 0 saturated heterocycles. The Kier molecular flexibility index (Phi) is 3.26. The van der Waals surface area contributed by atoms with Gasteiger partial charge in [-0.15, -0.1) is 5.10 Å². The van der Waals surface area contributed by atoms with Crippen LogP contribution < -0.4 is 11.5 Å². The lowest BCUT2D eigenvalue weighted by atomic mass is 9.89. The van der Waals surface area contributed by atoms with Gasteiger partial charge >= 0.3 is 0 Å². The lowest BCUT2D eigenvalue weighted by molar-refractivity contribution is 0.558. The Morgan fingerprint density at radius 3 is 2.92 bits per heavy atom. The quantitative estimate of drug-likeness (QED) is 0.344. The van der Waals surface area contributed by atoms with E-state index in [1.807, 2.05) is 0 Å². The Hall–Kier alpha value is -1.57. The molecule has 5 heteroatoms. The second-order valence-electron chi connectivity index (χ2n) is 3.11. The fraction of sp³-hybridized carbons (Fsp3) is 0.625. The van der Waals surface area contributed by atoms with Crippen LogP contribution in [0.15, 0.2) is 10.2 Å². The van der Waals surface area contributed by atoms with Crippen LogP contribution in [-0.4, -0.2) is 11.7 Å². The summed E-state index contributed by atoms with van der Waals surface area (Å²) >= 11 is 0. The minimum Gasteiger partial charge on any atom is -0.369 e. The first-order chi connectivity index (χ1) is 6.22. The van der Waals surface area contributed by atoms with Gasteiger partial charge in [0.1, 0.15) is 0 Å². The second-order valence-corrected chi connectivity index (χ2v) is 3.11. The van der Waals surface area contributed by atoms with Gasteiger partial charge in [0, 0.05) is 12.1 Å². The topological polar surface area (TPSA) is 101 Å². The van der Waals surface area contributed by atoms with Crippen molar-refractivity contribution < 1.29 is 0 Å². The van der Waals surface area contributed by atoms with E-state index in [0.29, 0.717) is 6.42 Å². The Bertz CT molecular complexity index is 269. The van der Waals surface area contributed by atoms with Crippen LogP contribution in [-0.2, 0) is 0 Å². The molecule has 1 fully saturated rings. The molecule has 0 aromatic rings. The van der Waals surface area contributed by atoms with Gasteiger partial charge < -0.3 is 11.5 Å². The monoisotopic (exact) mass is 179 g/mol. The van der Waals surface area contributed by atoms with E-state index < -0.39 is 0 Å². The highest BCUT2D eigenvalue weighted by Gasteiger charge is 2.17. The number of guanidine groups is 1. The molecule has 1 aliphatic carbocycles. The molecule has 0 bridgehead atoms. The average Bonchev–Trinajstić information content (AvgIpc) is 2.15. The Balaban J connectivity index is 2.57. The van der Waals surface area contributed by atoms with Crippen molar-refractivity contribution in [2.24, 2.45) is 27.6 Å². The molecule has 0 aliphatic heterocycles. The van der Waals surface area contributed by atoms with Gasteiger partial charge in [-0.3, -0.25) is 0 Å². The Labute approximate surface area is 77.1 Å². The van der Waals surface area contributed by atoms with Gasteiger partial charge in [-0.25, -0.2) is 0 Å². The Morgan fingerprint density at radius 1 is 1.54 bits per heavy atom. The molecule has 0 spiro atoms. The summed E-state index contributed by atoms with van der Waals surface area (Å²) in [5, 5.41) is 16.1. The predicted octanol–water partition coefficient (Wildman–Crippen LogP) is 0.330. The van der Waals surface area contributed by atoms with Gasteiger partial charge in [-0.05, 0) is 19.3 Å². The van der Waals surface area contributed by atoms with E-state index >= 15 is 0 Å². The first-order valence-corrected chi connectivity index (χ1v) is 4.26. The number of nitriles is 1. The SMILES string of the molecule is N#CC1CCC/C(=N/N=C(N)N)C1. The van der Waals surface area contributed by atoms with Crippen molar-refractivity contribution in [3.63, 3.8) is 0 Å². The summed E-state index contributed by atoms with van der Waals surface area (Å²) in [7, 11) is 0. The van der Waals surface area contributed by atoms with Crippen LogP contribution in [0.1, 0.15) is 25.7 Å². The van der Waals surface area contributed by atoms with Gasteiger partial charge in [0.15, 0.2) is 0 Å². The van der Waals surface area contributed by atoms with Crippen molar-refractivity contribution in [3.05, 3.63) is 0 Å². The molecule has 0 amide bonds. The number of nitrogens with zero attached hydrogens (tertiary/aromatic N) is 3. The van der Waals surface area contributed by atoms with Gasteiger partial charge in [-0.1, -0.05) is 0 Å². The molecule has 0 aromatic carbocycles. The van der Waals surface area contributed by atoms with Crippen LogP contribution in [0.5, 0.6) is 0 Å². The second kappa shape index (κ2) is 4.45. The van der Waals surface area contributed by atoms with E-state index in [1.165, 1.54) is 0 Å². The largest absolute Gasteiger partial charge is 0.369 e. The van der Waals surface area contributed by atoms with Crippen molar-refractivity contribution >= 4 is 11.7 Å². The molecule has 1 aliphatic rings. The molecule has 4 N–H and O–H groups in total. The summed E-state index contributed by atoms with van der Waals surface area (Å²) in [5.74, 6) is 0.0493. The van der Waals surface area contributed by atoms with E-state index in [4.69, 9.17) is 16.7 Å². The number of hydrogen-bond donors (Lipinski definition) is 2. The lowest BCUT2D eigenvalue weighted by Crippen LogP contribution is -2.22. The van der Waals surface area contributed by atoms with E-state index in [-0.39, 0.29) is 11.9 Å². The van der Waals surface area contributed by atoms with E-state index in [1.54, 1.807) is 0 Å². The summed E-state index contributed by atoms with van der Waals surface area (Å²) < 4.78 is 0. The summed E-state index contributed by atoms with van der Waals surface area (Å²) in [6.07, 6.45) is 3.55. The van der Waals surface area contributed by atoms with Crippen molar-refractivity contribution in [2.45, 2.75) is 25.7 Å². The number of nitrogens with two attached hydrogens (primary N) is 2. The van der Waals surface area contributed by atoms with Crippen LogP contribution >= 0.6 is 0 Å². The highest BCUT2D eigenvalue weighted by atomic mass is 15.3. The molecule has 1 rings (SSSR count). The van der Waals surface area contributed by atoms with E-state index in [0.717, 1.165) is 25.0 Å². The molecular weight excluding hydrogens is 166 g/mol. The maximum atomic E-state index is 8.70. The maximum Gasteiger partial charge on any atom is 0.211 e. The lowest BCUT2D eigenvalue weighted by Gasteiger charge is -2.15. The van der Waals surface area contributed by atoms with Crippen molar-refractivity contribution in [1.29, 1.82) is 5.26 Å². The molecule has 1 atom stereocenters. The summed E-state index contributed by atoms with van der Waals surface area (Å²) in [6, 6.07) is 2.23. The van der Waals surface area contributed by atoms with Gasteiger partial charge in [-0.2, -0.15) is 10.4 Å². The van der Waals surface area contributed by atoms with E-state index in [9.17, 15) is 0 Å². The first-order valence-electron chi connectivity index (χ1n) is 4.26. The molecule has 0 radical (unpaired) electrons. The van der Waals surface area contributed by atoms with Crippen LogP contribution in [0.2, 0.25) is 0 Å². The molecule has 70 valence electrons. The van der Waals surface area contributed by atoms with Crippen LogP contribution in [0.3, 0.4) is 0 Å². The Morgan fingerprint density at radius 2 is 2.31 bits per heavy atom. The number of hydrogen-bond acceptors (Lipinski definition) is 3. The summed E-state index contributed by atoms with van der Waals surface area (Å²) in [5.41, 5.74) is 11.2. The molecule has 1 saturated carbocycles. The third kappa shape index (κ3) is 3.11. The van der Waals surface area contributed by atoms with Crippen molar-refractivity contribution in [2.75, 3.05) is 0 Å². The summed E-state index contributed by atoms with van der Waals surface area (Å²) in [6.45, 7) is 0. The third-order valence-corrected chi connectivity index (χ3v) is 1.99. The fourth-order valence-electron chi connectivity index (χ4n) is 1.37.